The summed E-state index contributed by atoms with van der Waals surface area (Å²) in [4.78, 5) is 20.6. The van der Waals surface area contributed by atoms with Crippen molar-refractivity contribution in [1.29, 1.82) is 0 Å². The Hall–Kier alpha value is -2.28. The third-order valence-corrected chi connectivity index (χ3v) is 4.12. The third-order valence-electron chi connectivity index (χ3n) is 4.12. The van der Waals surface area contributed by atoms with E-state index in [2.05, 4.69) is 15.0 Å². The van der Waals surface area contributed by atoms with Crippen LogP contribution in [0.2, 0.25) is 0 Å². The number of likely N-dealkylation sites (N-methyl/N-ethyl adjacent to an activating group) is 1. The fourth-order valence-corrected chi connectivity index (χ4v) is 2.74. The van der Waals surface area contributed by atoms with E-state index in [0.29, 0.717) is 31.3 Å². The van der Waals surface area contributed by atoms with Crippen molar-refractivity contribution in [1.82, 2.24) is 19.9 Å². The summed E-state index contributed by atoms with van der Waals surface area (Å²) in [6.07, 6.45) is 0. The van der Waals surface area contributed by atoms with Gasteiger partial charge in [0.1, 0.15) is 11.9 Å². The Balaban J connectivity index is 1.81. The SMILES string of the molecule is Cc1ccc(C(=O)N2CCN(C)C(c3nc(C)no3)C2)c(F)c1. The molecule has 1 unspecified atom stereocenters. The first-order valence-electron chi connectivity index (χ1n) is 7.51. The van der Waals surface area contributed by atoms with Crippen molar-refractivity contribution in [3.63, 3.8) is 0 Å². The van der Waals surface area contributed by atoms with Gasteiger partial charge < -0.3 is 9.42 Å². The molecule has 6 nitrogen and oxygen atoms in total. The molecule has 1 aliphatic heterocycles. The molecular weight excluding hydrogens is 299 g/mol. The van der Waals surface area contributed by atoms with Gasteiger partial charge in [0, 0.05) is 19.6 Å². The zero-order valence-electron chi connectivity index (χ0n) is 13.4. The fourth-order valence-electron chi connectivity index (χ4n) is 2.74. The summed E-state index contributed by atoms with van der Waals surface area (Å²) in [5.74, 6) is 0.240. The number of hydrogen-bond donors (Lipinski definition) is 0. The van der Waals surface area contributed by atoms with E-state index in [0.717, 1.165) is 5.56 Å². The normalized spacial score (nSPS) is 19.1. The number of nitrogens with zero attached hydrogens (tertiary/aromatic N) is 4. The second kappa shape index (κ2) is 6.08. The molecule has 23 heavy (non-hydrogen) atoms. The number of amides is 1. The Bertz CT molecular complexity index is 731. The molecule has 7 heteroatoms. The minimum atomic E-state index is -0.487. The summed E-state index contributed by atoms with van der Waals surface area (Å²) in [5.41, 5.74) is 0.886. The van der Waals surface area contributed by atoms with Gasteiger partial charge in [0.2, 0.25) is 5.89 Å². The monoisotopic (exact) mass is 318 g/mol. The Morgan fingerprint density at radius 1 is 1.35 bits per heavy atom. The van der Waals surface area contributed by atoms with Gasteiger partial charge in [-0.15, -0.1) is 0 Å². The fraction of sp³-hybridized carbons (Fsp3) is 0.438. The predicted octanol–water partition coefficient (Wildman–Crippen LogP) is 1.95. The Labute approximate surface area is 133 Å². The average Bonchev–Trinajstić information content (AvgIpc) is 2.93. The molecule has 0 radical (unpaired) electrons. The van der Waals surface area contributed by atoms with Gasteiger partial charge in [-0.25, -0.2) is 4.39 Å². The smallest absolute Gasteiger partial charge is 0.256 e. The van der Waals surface area contributed by atoms with Crippen LogP contribution in [0.25, 0.3) is 0 Å². The molecule has 0 aliphatic carbocycles. The van der Waals surface area contributed by atoms with E-state index in [4.69, 9.17) is 4.52 Å². The number of halogens is 1. The van der Waals surface area contributed by atoms with E-state index in [-0.39, 0.29) is 17.5 Å². The lowest BCUT2D eigenvalue weighted by Gasteiger charge is -2.37. The van der Waals surface area contributed by atoms with Crippen molar-refractivity contribution >= 4 is 5.91 Å². The van der Waals surface area contributed by atoms with Crippen LogP contribution in [0.1, 0.15) is 33.7 Å². The minimum absolute atomic E-state index is 0.0978. The summed E-state index contributed by atoms with van der Waals surface area (Å²) in [5, 5.41) is 3.80. The number of carbonyl (C=O) groups excluding carboxylic acids is 1. The molecule has 3 rings (SSSR count). The van der Waals surface area contributed by atoms with Crippen molar-refractivity contribution in [3.8, 4) is 0 Å². The zero-order chi connectivity index (χ0) is 16.6. The van der Waals surface area contributed by atoms with Crippen LogP contribution in [0.3, 0.4) is 0 Å². The molecule has 1 atom stereocenters. The molecule has 0 N–H and O–H groups in total. The van der Waals surface area contributed by atoms with Crippen molar-refractivity contribution in [2.45, 2.75) is 19.9 Å². The van der Waals surface area contributed by atoms with Crippen LogP contribution in [0.4, 0.5) is 4.39 Å². The van der Waals surface area contributed by atoms with Crippen molar-refractivity contribution in [2.75, 3.05) is 26.7 Å². The summed E-state index contributed by atoms with van der Waals surface area (Å²) >= 11 is 0. The van der Waals surface area contributed by atoms with Gasteiger partial charge in [-0.1, -0.05) is 11.2 Å². The standard InChI is InChI=1S/C16H19FN4O2/c1-10-4-5-12(13(17)8-10)16(22)21-7-6-20(3)14(9-21)15-18-11(2)19-23-15/h4-5,8,14H,6-7,9H2,1-3H3. The number of aryl methyl sites for hydroxylation is 2. The van der Waals surface area contributed by atoms with Crippen molar-refractivity contribution < 1.29 is 13.7 Å². The van der Waals surface area contributed by atoms with Crippen molar-refractivity contribution in [3.05, 3.63) is 46.9 Å². The Kier molecular flexibility index (Phi) is 4.12. The number of rotatable bonds is 2. The minimum Gasteiger partial charge on any atom is -0.338 e. The van der Waals surface area contributed by atoms with Gasteiger partial charge in [0.25, 0.3) is 5.91 Å². The Morgan fingerprint density at radius 3 is 2.78 bits per heavy atom. The van der Waals surface area contributed by atoms with Crippen LogP contribution in [0.15, 0.2) is 22.7 Å². The molecule has 1 aromatic carbocycles. The number of aromatic nitrogens is 2. The highest BCUT2D eigenvalue weighted by Crippen LogP contribution is 2.24. The van der Waals surface area contributed by atoms with E-state index < -0.39 is 5.82 Å². The second-order valence-corrected chi connectivity index (χ2v) is 5.91. The lowest BCUT2D eigenvalue weighted by atomic mass is 10.1. The highest BCUT2D eigenvalue weighted by Gasteiger charge is 2.33. The molecule has 2 aromatic rings. The lowest BCUT2D eigenvalue weighted by molar-refractivity contribution is 0.0485. The third kappa shape index (κ3) is 3.10. The lowest BCUT2D eigenvalue weighted by Crippen LogP contribution is -2.49. The predicted molar refractivity (Wildman–Crippen MR) is 81.4 cm³/mol. The number of benzene rings is 1. The molecule has 0 saturated carbocycles. The van der Waals surface area contributed by atoms with E-state index in [1.54, 1.807) is 24.8 Å². The van der Waals surface area contributed by atoms with E-state index in [1.807, 2.05) is 7.05 Å². The van der Waals surface area contributed by atoms with E-state index in [9.17, 15) is 9.18 Å². The summed E-state index contributed by atoms with van der Waals surface area (Å²) in [7, 11) is 1.94. The van der Waals surface area contributed by atoms with Crippen LogP contribution < -0.4 is 0 Å². The van der Waals surface area contributed by atoms with Crippen LogP contribution >= 0.6 is 0 Å². The first kappa shape index (κ1) is 15.6. The highest BCUT2D eigenvalue weighted by atomic mass is 19.1. The molecule has 122 valence electrons. The zero-order valence-corrected chi connectivity index (χ0v) is 13.4. The van der Waals surface area contributed by atoms with Crippen molar-refractivity contribution in [2.24, 2.45) is 0 Å². The molecule has 1 fully saturated rings. The molecule has 1 aliphatic rings. The van der Waals surface area contributed by atoms with E-state index >= 15 is 0 Å². The quantitative estimate of drug-likeness (QED) is 0.847. The second-order valence-electron chi connectivity index (χ2n) is 5.91. The summed E-state index contributed by atoms with van der Waals surface area (Å²) in [6.45, 7) is 5.13. The molecule has 1 aromatic heterocycles. The summed E-state index contributed by atoms with van der Waals surface area (Å²) < 4.78 is 19.3. The molecule has 2 heterocycles. The summed E-state index contributed by atoms with van der Waals surface area (Å²) in [6, 6.07) is 4.48. The number of carbonyl (C=O) groups is 1. The van der Waals surface area contributed by atoms with Crippen LogP contribution in [-0.4, -0.2) is 52.5 Å². The van der Waals surface area contributed by atoms with E-state index in [1.165, 1.54) is 12.1 Å². The van der Waals surface area contributed by atoms with Crippen LogP contribution in [0.5, 0.6) is 0 Å². The van der Waals surface area contributed by atoms with Gasteiger partial charge in [-0.3, -0.25) is 9.69 Å². The maximum Gasteiger partial charge on any atom is 0.256 e. The highest BCUT2D eigenvalue weighted by molar-refractivity contribution is 5.94. The topological polar surface area (TPSA) is 62.5 Å². The number of hydrogen-bond acceptors (Lipinski definition) is 5. The molecule has 1 saturated heterocycles. The maximum absolute atomic E-state index is 14.1. The van der Waals surface area contributed by atoms with Gasteiger partial charge in [0.05, 0.1) is 5.56 Å². The molecule has 0 bridgehead atoms. The first-order valence-corrected chi connectivity index (χ1v) is 7.51. The largest absolute Gasteiger partial charge is 0.338 e. The number of piperazine rings is 1. The molecular formula is C16H19FN4O2. The maximum atomic E-state index is 14.1. The van der Waals surface area contributed by atoms with Crippen LogP contribution in [0, 0.1) is 19.7 Å². The van der Waals surface area contributed by atoms with Crippen LogP contribution in [-0.2, 0) is 0 Å². The van der Waals surface area contributed by atoms with Gasteiger partial charge >= 0.3 is 0 Å². The average molecular weight is 318 g/mol. The first-order chi connectivity index (χ1) is 11.0. The van der Waals surface area contributed by atoms with Gasteiger partial charge in [-0.2, -0.15) is 4.98 Å². The van der Waals surface area contributed by atoms with Gasteiger partial charge in [0.15, 0.2) is 5.82 Å². The molecule has 0 spiro atoms. The van der Waals surface area contributed by atoms with Gasteiger partial charge in [-0.05, 0) is 38.6 Å². The molecule has 1 amide bonds. The Morgan fingerprint density at radius 2 is 2.13 bits per heavy atom.